The van der Waals surface area contributed by atoms with E-state index in [0.29, 0.717) is 21.6 Å². The number of rotatable bonds is 8. The Kier molecular flexibility index (Phi) is 8.67. The van der Waals surface area contributed by atoms with Crippen LogP contribution in [0.15, 0.2) is 71.3 Å². The van der Waals surface area contributed by atoms with Crippen molar-refractivity contribution in [2.45, 2.75) is 51.6 Å². The number of hydrazine groups is 1. The van der Waals surface area contributed by atoms with Crippen molar-refractivity contribution in [2.24, 2.45) is 0 Å². The lowest BCUT2D eigenvalue weighted by molar-refractivity contribution is -0.158. The molecular formula is C34H33Cl2N7O4S. The van der Waals surface area contributed by atoms with Crippen molar-refractivity contribution in [3.63, 3.8) is 0 Å². The van der Waals surface area contributed by atoms with Crippen LogP contribution in [-0.2, 0) is 29.1 Å². The highest BCUT2D eigenvalue weighted by Gasteiger charge is 2.52. The molecule has 4 heterocycles. The summed E-state index contributed by atoms with van der Waals surface area (Å²) in [7, 11) is 0. The molecule has 7 rings (SSSR count). The quantitative estimate of drug-likeness (QED) is 0.206. The second-order valence-electron chi connectivity index (χ2n) is 12.3. The zero-order valence-electron chi connectivity index (χ0n) is 26.2. The predicted molar refractivity (Wildman–Crippen MR) is 186 cm³/mol. The van der Waals surface area contributed by atoms with Gasteiger partial charge in [-0.1, -0.05) is 58.8 Å². The topological polar surface area (TPSA) is 128 Å². The molecule has 0 spiro atoms. The molecule has 2 aliphatic heterocycles. The number of furan rings is 1. The third kappa shape index (κ3) is 6.05. The van der Waals surface area contributed by atoms with E-state index in [4.69, 9.17) is 33.4 Å². The number of thiazole rings is 1. The van der Waals surface area contributed by atoms with Crippen molar-refractivity contribution >= 4 is 78.7 Å². The van der Waals surface area contributed by atoms with Crippen LogP contribution in [0.25, 0.3) is 21.2 Å². The smallest absolute Gasteiger partial charge is 0.332 e. The van der Waals surface area contributed by atoms with Crippen LogP contribution in [0.3, 0.4) is 0 Å². The fraction of sp³-hybridized carbons (Fsp3) is 0.294. The standard InChI is InChI=1S/C34H33Cl2N7O4S/c1-19(2)43(34(46)38-15-21-6-8-24(35)25(36)13-21)41-18-30(44)42-26(14-20-7-9-27-22(12-20)10-11-47-27)32(45)40(17-29(41)42)16-23-4-3-5-28-31(23)39-33(37)48-28/h3-13,19,26,29H,14-18H2,1-2H3,(H2,37,39)(H,38,46)/t26-,29+/m0/s1. The number of carbonyl (C=O) groups excluding carboxylic acids is 3. The van der Waals surface area contributed by atoms with Crippen LogP contribution in [0, 0.1) is 0 Å². The maximum absolute atomic E-state index is 14.4. The van der Waals surface area contributed by atoms with Gasteiger partial charge in [0.2, 0.25) is 11.8 Å². The van der Waals surface area contributed by atoms with Gasteiger partial charge < -0.3 is 25.3 Å². The molecule has 5 aromatic rings. The van der Waals surface area contributed by atoms with E-state index >= 15 is 0 Å². The van der Waals surface area contributed by atoms with Crippen LogP contribution < -0.4 is 11.1 Å². The summed E-state index contributed by atoms with van der Waals surface area (Å²) in [5, 5.41) is 8.51. The summed E-state index contributed by atoms with van der Waals surface area (Å²) in [5.74, 6) is -0.395. The summed E-state index contributed by atoms with van der Waals surface area (Å²) in [5.41, 5.74) is 10.1. The van der Waals surface area contributed by atoms with Crippen molar-refractivity contribution in [3.05, 3.63) is 93.7 Å². The predicted octanol–water partition coefficient (Wildman–Crippen LogP) is 5.89. The minimum absolute atomic E-state index is 0.0559. The van der Waals surface area contributed by atoms with E-state index in [1.165, 1.54) is 11.3 Å². The second-order valence-corrected chi connectivity index (χ2v) is 14.1. The van der Waals surface area contributed by atoms with Gasteiger partial charge in [0.15, 0.2) is 5.13 Å². The lowest BCUT2D eigenvalue weighted by atomic mass is 9.99. The van der Waals surface area contributed by atoms with Crippen molar-refractivity contribution < 1.29 is 18.8 Å². The number of para-hydroxylation sites is 1. The third-order valence-electron chi connectivity index (χ3n) is 8.79. The first-order valence-electron chi connectivity index (χ1n) is 15.5. The Balaban J connectivity index is 1.21. The minimum atomic E-state index is -0.793. The van der Waals surface area contributed by atoms with E-state index in [1.54, 1.807) is 44.3 Å². The average molecular weight is 707 g/mol. The van der Waals surface area contributed by atoms with Gasteiger partial charge >= 0.3 is 6.03 Å². The van der Waals surface area contributed by atoms with Crippen LogP contribution in [0.4, 0.5) is 9.93 Å². The van der Waals surface area contributed by atoms with E-state index in [9.17, 15) is 14.4 Å². The molecule has 3 aromatic carbocycles. The highest BCUT2D eigenvalue weighted by atomic mass is 35.5. The van der Waals surface area contributed by atoms with E-state index in [0.717, 1.165) is 37.9 Å². The van der Waals surface area contributed by atoms with Crippen molar-refractivity contribution in [3.8, 4) is 0 Å². The SMILES string of the molecule is CC(C)N(C(=O)NCc1ccc(Cl)c(Cl)c1)N1CC(=O)N2[C@@H](Cc3ccc4occc4c3)C(=O)N(Cc3cccc4sc(N)nc34)C[C@@H]21. The molecule has 0 saturated carbocycles. The number of amides is 4. The summed E-state index contributed by atoms with van der Waals surface area (Å²) in [4.78, 5) is 50.0. The van der Waals surface area contributed by atoms with Crippen molar-refractivity contribution in [1.82, 2.24) is 30.1 Å². The molecule has 2 atom stereocenters. The Morgan fingerprint density at radius 3 is 2.71 bits per heavy atom. The molecule has 3 N–H and O–H groups in total. The average Bonchev–Trinajstić information content (AvgIpc) is 3.76. The van der Waals surface area contributed by atoms with Gasteiger partial charge in [-0.3, -0.25) is 14.6 Å². The number of urea groups is 1. The van der Waals surface area contributed by atoms with Crippen LogP contribution in [0.2, 0.25) is 10.0 Å². The fourth-order valence-electron chi connectivity index (χ4n) is 6.64. The van der Waals surface area contributed by atoms with Gasteiger partial charge in [-0.05, 0) is 66.9 Å². The number of benzene rings is 3. The van der Waals surface area contributed by atoms with Crippen LogP contribution >= 0.6 is 34.5 Å². The van der Waals surface area contributed by atoms with E-state index in [1.807, 2.05) is 56.3 Å². The van der Waals surface area contributed by atoms with Gasteiger partial charge in [-0.2, -0.15) is 5.01 Å². The van der Waals surface area contributed by atoms with Gasteiger partial charge in [-0.25, -0.2) is 9.78 Å². The first-order chi connectivity index (χ1) is 23.1. The van der Waals surface area contributed by atoms with Crippen LogP contribution in [0.5, 0.6) is 0 Å². The normalized spacial score (nSPS) is 18.4. The lowest BCUT2D eigenvalue weighted by Gasteiger charge is -2.47. The fourth-order valence-corrected chi connectivity index (χ4v) is 7.75. The van der Waals surface area contributed by atoms with Crippen LogP contribution in [0.1, 0.15) is 30.5 Å². The third-order valence-corrected chi connectivity index (χ3v) is 10.4. The number of nitrogens with zero attached hydrogens (tertiary/aromatic N) is 5. The van der Waals surface area contributed by atoms with Gasteiger partial charge in [0.1, 0.15) is 17.8 Å². The highest BCUT2D eigenvalue weighted by molar-refractivity contribution is 7.22. The van der Waals surface area contributed by atoms with Gasteiger partial charge in [-0.15, -0.1) is 0 Å². The van der Waals surface area contributed by atoms with Crippen LogP contribution in [-0.4, -0.2) is 74.0 Å². The summed E-state index contributed by atoms with van der Waals surface area (Å²) in [6, 6.07) is 17.2. The minimum Gasteiger partial charge on any atom is -0.464 e. The first-order valence-corrected chi connectivity index (χ1v) is 17.1. The molecule has 2 fully saturated rings. The molecule has 0 radical (unpaired) electrons. The van der Waals surface area contributed by atoms with Crippen molar-refractivity contribution in [1.29, 1.82) is 0 Å². The molecular weight excluding hydrogens is 673 g/mol. The Labute approximate surface area is 290 Å². The van der Waals surface area contributed by atoms with Gasteiger partial charge in [0.05, 0.1) is 39.6 Å². The largest absolute Gasteiger partial charge is 0.464 e. The number of hydrogen-bond acceptors (Lipinski definition) is 8. The number of hydrogen-bond donors (Lipinski definition) is 2. The summed E-state index contributed by atoms with van der Waals surface area (Å²) in [6.07, 6.45) is 1.33. The first kappa shape index (κ1) is 32.2. The Bertz CT molecular complexity index is 2050. The number of fused-ring (bicyclic) bond motifs is 3. The van der Waals surface area contributed by atoms with E-state index < -0.39 is 12.2 Å². The zero-order valence-corrected chi connectivity index (χ0v) is 28.6. The number of anilines is 1. The number of halogens is 2. The number of piperazine rings is 1. The Morgan fingerprint density at radius 1 is 1.10 bits per heavy atom. The maximum Gasteiger partial charge on any atom is 0.332 e. The zero-order chi connectivity index (χ0) is 33.7. The molecule has 0 aliphatic carbocycles. The Morgan fingerprint density at radius 2 is 1.92 bits per heavy atom. The highest BCUT2D eigenvalue weighted by Crippen LogP contribution is 2.33. The van der Waals surface area contributed by atoms with Gasteiger partial charge in [0.25, 0.3) is 0 Å². The number of nitrogens with two attached hydrogens (primary N) is 1. The number of nitrogens with one attached hydrogen (secondary N) is 1. The molecule has 11 nitrogen and oxygen atoms in total. The van der Waals surface area contributed by atoms with Crippen molar-refractivity contribution in [2.75, 3.05) is 18.8 Å². The molecule has 2 aromatic heterocycles. The molecule has 4 amide bonds. The van der Waals surface area contributed by atoms with E-state index in [2.05, 4.69) is 10.3 Å². The lowest BCUT2D eigenvalue weighted by Crippen LogP contribution is -2.66. The molecule has 0 bridgehead atoms. The van der Waals surface area contributed by atoms with Gasteiger partial charge in [0, 0.05) is 30.9 Å². The molecule has 2 aliphatic rings. The summed E-state index contributed by atoms with van der Waals surface area (Å²) >= 11 is 13.7. The molecule has 48 heavy (non-hydrogen) atoms. The number of carbonyl (C=O) groups is 3. The monoisotopic (exact) mass is 705 g/mol. The summed E-state index contributed by atoms with van der Waals surface area (Å²) < 4.78 is 6.45. The molecule has 248 valence electrons. The number of nitrogen functional groups attached to an aromatic ring is 1. The molecule has 14 heteroatoms. The molecule has 2 saturated heterocycles. The summed E-state index contributed by atoms with van der Waals surface area (Å²) in [6.45, 7) is 4.40. The van der Waals surface area contributed by atoms with E-state index in [-0.39, 0.29) is 50.1 Å². The number of aromatic nitrogens is 1. The Hall–Kier alpha value is -4.36. The maximum atomic E-state index is 14.4. The molecule has 0 unspecified atom stereocenters. The second kappa shape index (κ2) is 12.9.